The molecule has 3 heterocycles. The van der Waals surface area contributed by atoms with Crippen molar-refractivity contribution in [3.05, 3.63) is 180 Å². The molecule has 0 radical (unpaired) electrons. The fraction of sp³-hybridized carbons (Fsp3) is 0.143. The van der Waals surface area contributed by atoms with Crippen LogP contribution in [0.15, 0.2) is 152 Å². The van der Waals surface area contributed by atoms with Crippen LogP contribution in [-0.4, -0.2) is 13.7 Å². The van der Waals surface area contributed by atoms with Crippen molar-refractivity contribution in [1.82, 2.24) is 13.7 Å². The zero-order chi connectivity index (χ0) is 26.4. The summed E-state index contributed by atoms with van der Waals surface area (Å²) in [5, 5.41) is 0. The quantitative estimate of drug-likeness (QED) is 0.219. The van der Waals surface area contributed by atoms with E-state index in [0.29, 0.717) is 0 Å². The lowest BCUT2D eigenvalue weighted by molar-refractivity contribution is 0.776. The summed E-state index contributed by atoms with van der Waals surface area (Å²) >= 11 is 0. The van der Waals surface area contributed by atoms with Gasteiger partial charge >= 0.3 is 0 Å². The van der Waals surface area contributed by atoms with Crippen molar-refractivity contribution < 1.29 is 0 Å². The minimum Gasteiger partial charge on any atom is -0.350 e. The molecule has 0 unspecified atom stereocenters. The Labute approximate surface area is 227 Å². The fourth-order valence-corrected chi connectivity index (χ4v) is 4.18. The fourth-order valence-electron chi connectivity index (χ4n) is 4.18. The molecule has 0 aliphatic carbocycles. The lowest BCUT2D eigenvalue weighted by Gasteiger charge is -2.05. The van der Waals surface area contributed by atoms with Gasteiger partial charge in [-0.25, -0.2) is 0 Å². The minimum atomic E-state index is 0.966. The molecule has 3 nitrogen and oxygen atoms in total. The van der Waals surface area contributed by atoms with E-state index in [-0.39, 0.29) is 0 Å². The second kappa shape index (κ2) is 14.3. The van der Waals surface area contributed by atoms with E-state index in [1.54, 1.807) is 0 Å². The molecule has 0 saturated carbocycles. The molecule has 0 bridgehead atoms. The molecule has 0 atom stereocenters. The van der Waals surface area contributed by atoms with Crippen molar-refractivity contribution in [2.24, 2.45) is 0 Å². The van der Waals surface area contributed by atoms with E-state index < -0.39 is 0 Å². The van der Waals surface area contributed by atoms with E-state index in [1.165, 1.54) is 27.9 Å². The van der Waals surface area contributed by atoms with E-state index in [1.807, 2.05) is 30.3 Å². The molecule has 0 amide bonds. The summed E-state index contributed by atoms with van der Waals surface area (Å²) in [7, 11) is 0. The number of nitrogens with zero attached hydrogens (tertiary/aromatic N) is 3. The van der Waals surface area contributed by atoms with Crippen LogP contribution in [0.4, 0.5) is 0 Å². The maximum Gasteiger partial charge on any atom is 0.0472 e. The number of aryl methyl sites for hydroxylation is 2. The molecule has 6 aromatic rings. The lowest BCUT2D eigenvalue weighted by atomic mass is 10.2. The average Bonchev–Trinajstić information content (AvgIpc) is 3.71. The summed E-state index contributed by atoms with van der Waals surface area (Å²) in [5.74, 6) is 0. The second-order valence-electron chi connectivity index (χ2n) is 9.45. The molecule has 0 fully saturated rings. The van der Waals surface area contributed by atoms with Crippen LogP contribution in [0.2, 0.25) is 0 Å². The molecule has 3 heteroatoms. The smallest absolute Gasteiger partial charge is 0.0472 e. The van der Waals surface area contributed by atoms with Gasteiger partial charge in [0.1, 0.15) is 0 Å². The molecule has 0 spiro atoms. The van der Waals surface area contributed by atoms with Gasteiger partial charge in [-0.15, -0.1) is 0 Å². The van der Waals surface area contributed by atoms with Gasteiger partial charge in [0.15, 0.2) is 0 Å². The molecule has 38 heavy (non-hydrogen) atoms. The van der Waals surface area contributed by atoms with Crippen LogP contribution in [0.3, 0.4) is 0 Å². The van der Waals surface area contributed by atoms with Gasteiger partial charge in [0, 0.05) is 56.3 Å². The van der Waals surface area contributed by atoms with E-state index >= 15 is 0 Å². The number of hydrogen-bond acceptors (Lipinski definition) is 0. The molecular formula is C35H37N3. The monoisotopic (exact) mass is 499 g/mol. The summed E-state index contributed by atoms with van der Waals surface area (Å²) in [6, 6.07) is 41.9. The van der Waals surface area contributed by atoms with Crippen LogP contribution >= 0.6 is 0 Å². The Morgan fingerprint density at radius 1 is 0.421 bits per heavy atom. The molecule has 3 aromatic heterocycles. The first-order valence-electron chi connectivity index (χ1n) is 13.1. The Hall–Kier alpha value is -4.50. The SMILES string of the molecule is Cc1cccn1Cc1ccccc1.Cc1ccn(Cc2ccccc2)c1.c1ccc(Cn2cccc2)cc1. The predicted molar refractivity (Wildman–Crippen MR) is 159 cm³/mol. The zero-order valence-electron chi connectivity index (χ0n) is 22.4. The maximum absolute atomic E-state index is 2.25. The Bertz CT molecular complexity index is 1430. The highest BCUT2D eigenvalue weighted by molar-refractivity contribution is 5.18. The van der Waals surface area contributed by atoms with Crippen molar-refractivity contribution in [2.45, 2.75) is 33.5 Å². The van der Waals surface area contributed by atoms with Gasteiger partial charge in [-0.05, 0) is 66.4 Å². The molecular weight excluding hydrogens is 462 g/mol. The van der Waals surface area contributed by atoms with Gasteiger partial charge in [-0.1, -0.05) is 91.0 Å². The summed E-state index contributed by atoms with van der Waals surface area (Å²) in [4.78, 5) is 0. The predicted octanol–water partition coefficient (Wildman–Crippen LogP) is 8.23. The maximum atomic E-state index is 2.25. The zero-order valence-corrected chi connectivity index (χ0v) is 22.4. The first kappa shape index (κ1) is 26.6. The molecule has 0 aliphatic heterocycles. The molecule has 192 valence electrons. The Kier molecular flexibility index (Phi) is 9.99. The average molecular weight is 500 g/mol. The third-order valence-electron chi connectivity index (χ3n) is 6.23. The van der Waals surface area contributed by atoms with E-state index in [0.717, 1.165) is 19.6 Å². The van der Waals surface area contributed by atoms with Gasteiger partial charge in [-0.2, -0.15) is 0 Å². The summed E-state index contributed by atoms with van der Waals surface area (Å²) in [6.45, 7) is 7.15. The van der Waals surface area contributed by atoms with E-state index in [9.17, 15) is 0 Å². The molecule has 6 rings (SSSR count). The number of aromatic nitrogens is 3. The molecule has 3 aromatic carbocycles. The Balaban J connectivity index is 0.000000133. The topological polar surface area (TPSA) is 14.8 Å². The Morgan fingerprint density at radius 3 is 1.37 bits per heavy atom. The number of hydrogen-bond donors (Lipinski definition) is 0. The van der Waals surface area contributed by atoms with E-state index in [2.05, 4.69) is 150 Å². The second-order valence-corrected chi connectivity index (χ2v) is 9.45. The standard InChI is InChI=1S/2C12H13N.C11H11N/c1-11-6-5-9-13(11)10-12-7-3-2-4-8-12;1-11-7-8-13(9-11)10-12-5-3-2-4-6-12;1-2-6-11(7-3-1)10-12-8-4-5-9-12/h2*2-9H,10H2,1H3;1-9H,10H2. The summed E-state index contributed by atoms with van der Waals surface area (Å²) in [5.41, 5.74) is 6.66. The number of rotatable bonds is 6. The van der Waals surface area contributed by atoms with Crippen molar-refractivity contribution in [3.63, 3.8) is 0 Å². The van der Waals surface area contributed by atoms with Crippen LogP contribution < -0.4 is 0 Å². The molecule has 0 aliphatic rings. The summed E-state index contributed by atoms with van der Waals surface area (Å²) < 4.78 is 6.61. The summed E-state index contributed by atoms with van der Waals surface area (Å²) in [6.07, 6.45) is 10.5. The first-order valence-corrected chi connectivity index (χ1v) is 13.1. The largest absolute Gasteiger partial charge is 0.350 e. The first-order chi connectivity index (χ1) is 18.7. The highest BCUT2D eigenvalue weighted by Crippen LogP contribution is 2.07. The normalized spacial score (nSPS) is 10.2. The highest BCUT2D eigenvalue weighted by atomic mass is 15.0. The van der Waals surface area contributed by atoms with Gasteiger partial charge in [-0.3, -0.25) is 0 Å². The number of benzene rings is 3. The van der Waals surface area contributed by atoms with Gasteiger partial charge in [0.2, 0.25) is 0 Å². The van der Waals surface area contributed by atoms with Gasteiger partial charge in [0.25, 0.3) is 0 Å². The third kappa shape index (κ3) is 8.86. The third-order valence-corrected chi connectivity index (χ3v) is 6.23. The van der Waals surface area contributed by atoms with Crippen LogP contribution in [-0.2, 0) is 19.6 Å². The van der Waals surface area contributed by atoms with Crippen molar-refractivity contribution in [1.29, 1.82) is 0 Å². The Morgan fingerprint density at radius 2 is 0.921 bits per heavy atom. The molecule has 0 N–H and O–H groups in total. The van der Waals surface area contributed by atoms with Gasteiger partial charge < -0.3 is 13.7 Å². The molecule has 0 saturated heterocycles. The lowest BCUT2D eigenvalue weighted by Crippen LogP contribution is -1.99. The van der Waals surface area contributed by atoms with Crippen molar-refractivity contribution >= 4 is 0 Å². The highest BCUT2D eigenvalue weighted by Gasteiger charge is 1.96. The van der Waals surface area contributed by atoms with Gasteiger partial charge in [0.05, 0.1) is 0 Å². The van der Waals surface area contributed by atoms with Crippen LogP contribution in [0.1, 0.15) is 27.9 Å². The van der Waals surface area contributed by atoms with E-state index in [4.69, 9.17) is 0 Å². The minimum absolute atomic E-state index is 0.966. The van der Waals surface area contributed by atoms with Crippen LogP contribution in [0.5, 0.6) is 0 Å². The van der Waals surface area contributed by atoms with Crippen molar-refractivity contribution in [2.75, 3.05) is 0 Å². The van der Waals surface area contributed by atoms with Crippen LogP contribution in [0, 0.1) is 13.8 Å². The van der Waals surface area contributed by atoms with Crippen molar-refractivity contribution in [3.8, 4) is 0 Å². The van der Waals surface area contributed by atoms with Crippen LogP contribution in [0.25, 0.3) is 0 Å².